The molecule has 0 fully saturated rings. The van der Waals surface area contributed by atoms with Crippen molar-refractivity contribution in [3.05, 3.63) is 58.5 Å². The molecule has 2 aromatic carbocycles. The first-order valence-corrected chi connectivity index (χ1v) is 9.07. The third-order valence-corrected chi connectivity index (χ3v) is 4.55. The van der Waals surface area contributed by atoms with Gasteiger partial charge in [0.2, 0.25) is 5.91 Å². The fourth-order valence-electron chi connectivity index (χ4n) is 3.03. The molecule has 0 spiro atoms. The Morgan fingerprint density at radius 1 is 1.03 bits per heavy atom. The molecule has 0 saturated heterocycles. The van der Waals surface area contributed by atoms with Crippen LogP contribution in [-0.4, -0.2) is 43.6 Å². The van der Waals surface area contributed by atoms with E-state index in [4.69, 9.17) is 14.2 Å². The summed E-state index contributed by atoms with van der Waals surface area (Å²) in [4.78, 5) is 25.1. The van der Waals surface area contributed by atoms with Gasteiger partial charge >= 0.3 is 0 Å². The molecule has 0 radical (unpaired) electrons. The molecule has 0 bridgehead atoms. The minimum atomic E-state index is -0.413. The topological polar surface area (TPSA) is 91.7 Å². The second-order valence-corrected chi connectivity index (χ2v) is 6.32. The Kier molecular flexibility index (Phi) is 6.33. The number of benzene rings is 2. The number of hydrogen-bond donors (Lipinski definition) is 1. The van der Waals surface area contributed by atoms with Crippen LogP contribution in [0.5, 0.6) is 17.2 Å². The molecule has 3 rings (SSSR count). The lowest BCUT2D eigenvalue weighted by Gasteiger charge is -2.12. The molecule has 8 heteroatoms. The first kappa shape index (κ1) is 20.2. The standard InChI is InChI=1S/C21H23N3O5/c1-27-16-7-4-14(5-8-16)10-11-22-18(25)13-24-21(26)19-15(12-23-24)6-9-17(28-2)20(19)29-3/h4-9,12H,10-11,13H2,1-3H3,(H,22,25). The van der Waals surface area contributed by atoms with Crippen LogP contribution in [0.2, 0.25) is 0 Å². The number of nitrogens with zero attached hydrogens (tertiary/aromatic N) is 2. The van der Waals surface area contributed by atoms with E-state index < -0.39 is 5.56 Å². The van der Waals surface area contributed by atoms with E-state index in [0.717, 1.165) is 16.0 Å². The highest BCUT2D eigenvalue weighted by molar-refractivity contribution is 5.89. The van der Waals surface area contributed by atoms with E-state index in [-0.39, 0.29) is 12.5 Å². The summed E-state index contributed by atoms with van der Waals surface area (Å²) in [5.74, 6) is 1.26. The fourth-order valence-corrected chi connectivity index (χ4v) is 3.03. The van der Waals surface area contributed by atoms with E-state index in [9.17, 15) is 9.59 Å². The molecule has 29 heavy (non-hydrogen) atoms. The summed E-state index contributed by atoms with van der Waals surface area (Å²) in [6.07, 6.45) is 2.20. The number of methoxy groups -OCH3 is 3. The molecule has 3 aromatic rings. The lowest BCUT2D eigenvalue weighted by Crippen LogP contribution is -2.34. The van der Waals surface area contributed by atoms with Crippen LogP contribution >= 0.6 is 0 Å². The van der Waals surface area contributed by atoms with Crippen molar-refractivity contribution in [2.75, 3.05) is 27.9 Å². The molecule has 8 nitrogen and oxygen atoms in total. The Balaban J connectivity index is 1.69. The van der Waals surface area contributed by atoms with Gasteiger partial charge in [0.15, 0.2) is 11.5 Å². The summed E-state index contributed by atoms with van der Waals surface area (Å²) in [6.45, 7) is 0.266. The van der Waals surface area contributed by atoms with Gasteiger partial charge in [-0.05, 0) is 36.2 Å². The zero-order chi connectivity index (χ0) is 20.8. The Morgan fingerprint density at radius 3 is 2.45 bits per heavy atom. The van der Waals surface area contributed by atoms with Gasteiger partial charge in [0, 0.05) is 11.9 Å². The lowest BCUT2D eigenvalue weighted by molar-refractivity contribution is -0.121. The van der Waals surface area contributed by atoms with Crippen LogP contribution in [0.15, 0.2) is 47.4 Å². The predicted octanol–water partition coefficient (Wildman–Crippen LogP) is 1.78. The molecule has 1 N–H and O–H groups in total. The summed E-state index contributed by atoms with van der Waals surface area (Å²) in [5, 5.41) is 7.85. The number of fused-ring (bicyclic) bond motifs is 1. The molecule has 0 unspecified atom stereocenters. The molecule has 0 saturated carbocycles. The average Bonchev–Trinajstić information content (AvgIpc) is 2.75. The van der Waals surface area contributed by atoms with Crippen LogP contribution in [-0.2, 0) is 17.8 Å². The summed E-state index contributed by atoms with van der Waals surface area (Å²) in [6, 6.07) is 11.1. The molecule has 1 amide bonds. The monoisotopic (exact) mass is 397 g/mol. The smallest absolute Gasteiger partial charge is 0.279 e. The molecular formula is C21H23N3O5. The number of aromatic nitrogens is 2. The van der Waals surface area contributed by atoms with Crippen LogP contribution in [0.3, 0.4) is 0 Å². The van der Waals surface area contributed by atoms with Crippen molar-refractivity contribution in [3.8, 4) is 17.2 Å². The van der Waals surface area contributed by atoms with E-state index in [0.29, 0.717) is 35.2 Å². The quantitative estimate of drug-likeness (QED) is 0.623. The first-order valence-electron chi connectivity index (χ1n) is 9.07. The van der Waals surface area contributed by atoms with Crippen molar-refractivity contribution in [2.24, 2.45) is 0 Å². The fraction of sp³-hybridized carbons (Fsp3) is 0.286. The van der Waals surface area contributed by atoms with Crippen molar-refractivity contribution in [1.29, 1.82) is 0 Å². The predicted molar refractivity (Wildman–Crippen MR) is 109 cm³/mol. The zero-order valence-electron chi connectivity index (χ0n) is 16.6. The van der Waals surface area contributed by atoms with Gasteiger partial charge in [-0.2, -0.15) is 5.10 Å². The van der Waals surface area contributed by atoms with Crippen LogP contribution < -0.4 is 25.1 Å². The van der Waals surface area contributed by atoms with Crippen LogP contribution in [0, 0.1) is 0 Å². The minimum Gasteiger partial charge on any atom is -0.497 e. The van der Waals surface area contributed by atoms with Gasteiger partial charge in [-0.15, -0.1) is 0 Å². The Hall–Kier alpha value is -3.55. The third kappa shape index (κ3) is 4.48. The van der Waals surface area contributed by atoms with Gasteiger partial charge in [0.25, 0.3) is 5.56 Å². The van der Waals surface area contributed by atoms with Gasteiger partial charge in [0.05, 0.1) is 32.9 Å². The average molecular weight is 397 g/mol. The molecule has 0 aliphatic heterocycles. The molecule has 152 valence electrons. The Bertz CT molecular complexity index is 1060. The minimum absolute atomic E-state index is 0.183. The molecule has 0 aliphatic carbocycles. The van der Waals surface area contributed by atoms with E-state index in [1.807, 2.05) is 24.3 Å². The van der Waals surface area contributed by atoms with Crippen molar-refractivity contribution in [2.45, 2.75) is 13.0 Å². The summed E-state index contributed by atoms with van der Waals surface area (Å²) in [7, 11) is 4.58. The number of nitrogens with one attached hydrogen (secondary N) is 1. The molecule has 0 aliphatic rings. The third-order valence-electron chi connectivity index (χ3n) is 4.55. The maximum atomic E-state index is 12.8. The maximum absolute atomic E-state index is 12.8. The highest BCUT2D eigenvalue weighted by Crippen LogP contribution is 2.32. The number of hydrogen-bond acceptors (Lipinski definition) is 6. The van der Waals surface area contributed by atoms with E-state index >= 15 is 0 Å². The summed E-state index contributed by atoms with van der Waals surface area (Å²) < 4.78 is 16.8. The van der Waals surface area contributed by atoms with Gasteiger partial charge in [-0.3, -0.25) is 9.59 Å². The number of amides is 1. The largest absolute Gasteiger partial charge is 0.497 e. The molecule has 1 aromatic heterocycles. The van der Waals surface area contributed by atoms with Gasteiger partial charge in [-0.1, -0.05) is 12.1 Å². The highest BCUT2D eigenvalue weighted by atomic mass is 16.5. The van der Waals surface area contributed by atoms with Crippen molar-refractivity contribution in [1.82, 2.24) is 15.1 Å². The SMILES string of the molecule is COc1ccc(CCNC(=O)Cn2ncc3ccc(OC)c(OC)c3c2=O)cc1. The highest BCUT2D eigenvalue weighted by Gasteiger charge is 2.15. The summed E-state index contributed by atoms with van der Waals surface area (Å²) in [5.41, 5.74) is 0.660. The van der Waals surface area contributed by atoms with Crippen molar-refractivity contribution < 1.29 is 19.0 Å². The number of rotatable bonds is 8. The number of ether oxygens (including phenoxy) is 3. The summed E-state index contributed by atoms with van der Waals surface area (Å²) >= 11 is 0. The second-order valence-electron chi connectivity index (χ2n) is 6.32. The van der Waals surface area contributed by atoms with E-state index in [1.54, 1.807) is 19.2 Å². The number of carbonyl (C=O) groups is 1. The van der Waals surface area contributed by atoms with Gasteiger partial charge in [0.1, 0.15) is 12.3 Å². The Labute approximate surface area is 168 Å². The molecule has 1 heterocycles. The Morgan fingerprint density at radius 2 is 1.79 bits per heavy atom. The van der Waals surface area contributed by atoms with Crippen molar-refractivity contribution >= 4 is 16.7 Å². The van der Waals surface area contributed by atoms with E-state index in [1.165, 1.54) is 20.4 Å². The second kappa shape index (κ2) is 9.09. The van der Waals surface area contributed by atoms with Crippen LogP contribution in [0.25, 0.3) is 10.8 Å². The van der Waals surface area contributed by atoms with Gasteiger partial charge in [-0.25, -0.2) is 4.68 Å². The van der Waals surface area contributed by atoms with E-state index in [2.05, 4.69) is 10.4 Å². The zero-order valence-corrected chi connectivity index (χ0v) is 16.6. The lowest BCUT2D eigenvalue weighted by atomic mass is 10.1. The van der Waals surface area contributed by atoms with Crippen molar-refractivity contribution in [3.63, 3.8) is 0 Å². The van der Waals surface area contributed by atoms with Gasteiger partial charge < -0.3 is 19.5 Å². The first-order chi connectivity index (χ1) is 14.1. The molecule has 0 atom stereocenters. The van der Waals surface area contributed by atoms with Crippen LogP contribution in [0.4, 0.5) is 0 Å². The normalized spacial score (nSPS) is 10.6. The van der Waals surface area contributed by atoms with Crippen LogP contribution in [0.1, 0.15) is 5.56 Å². The number of carbonyl (C=O) groups excluding carboxylic acids is 1. The molecular weight excluding hydrogens is 374 g/mol. The maximum Gasteiger partial charge on any atom is 0.279 e.